The van der Waals surface area contributed by atoms with Gasteiger partial charge in [-0.3, -0.25) is 4.79 Å². The predicted octanol–water partition coefficient (Wildman–Crippen LogP) is 5.37. The molecular formula is C23H25FO3. The first-order valence-corrected chi connectivity index (χ1v) is 9.17. The van der Waals surface area contributed by atoms with Crippen molar-refractivity contribution in [2.45, 2.75) is 46.3 Å². The van der Waals surface area contributed by atoms with E-state index in [1.54, 1.807) is 18.2 Å². The molecule has 2 atom stereocenters. The zero-order chi connectivity index (χ0) is 19.6. The lowest BCUT2D eigenvalue weighted by Crippen LogP contribution is -2.25. The maximum absolute atomic E-state index is 13.9. The van der Waals surface area contributed by atoms with Crippen LogP contribution in [0.15, 0.2) is 42.5 Å². The molecule has 142 valence electrons. The number of benzene rings is 2. The van der Waals surface area contributed by atoms with Crippen molar-refractivity contribution in [3.8, 4) is 5.75 Å². The molecule has 0 bridgehead atoms. The molecule has 3 rings (SSSR count). The molecule has 4 heteroatoms. The predicted molar refractivity (Wildman–Crippen MR) is 103 cm³/mol. The molecule has 0 aromatic heterocycles. The van der Waals surface area contributed by atoms with E-state index in [1.807, 2.05) is 26.8 Å². The molecule has 0 spiro atoms. The van der Waals surface area contributed by atoms with Crippen LogP contribution in [0.5, 0.6) is 5.75 Å². The first-order valence-electron chi connectivity index (χ1n) is 9.17. The van der Waals surface area contributed by atoms with E-state index in [1.165, 1.54) is 11.6 Å². The van der Waals surface area contributed by atoms with E-state index in [-0.39, 0.29) is 24.4 Å². The standard InChI is InChI=1S/C23H25FO3/c1-14(2)18-9-10-19-15(3)11-21(16(4)22(19)23(18)27-13-25)26-12-17-7-5-6-8-20(17)24/h5-8,11,13,18,23H,1,9-10,12H2,2-4H3/t18-,23+/m0/s1. The van der Waals surface area contributed by atoms with Crippen LogP contribution in [0.4, 0.5) is 4.39 Å². The van der Waals surface area contributed by atoms with Crippen LogP contribution in [0, 0.1) is 25.6 Å². The number of hydrogen-bond donors (Lipinski definition) is 0. The summed E-state index contributed by atoms with van der Waals surface area (Å²) in [6.07, 6.45) is 1.45. The summed E-state index contributed by atoms with van der Waals surface area (Å²) >= 11 is 0. The number of rotatable bonds is 6. The summed E-state index contributed by atoms with van der Waals surface area (Å²) in [5.41, 5.74) is 5.75. The minimum atomic E-state index is -0.362. The highest BCUT2D eigenvalue weighted by Crippen LogP contribution is 2.45. The van der Waals surface area contributed by atoms with Crippen molar-refractivity contribution in [2.75, 3.05) is 0 Å². The van der Waals surface area contributed by atoms with Crippen molar-refractivity contribution in [3.05, 3.63) is 76.1 Å². The third-order valence-corrected chi connectivity index (χ3v) is 5.45. The van der Waals surface area contributed by atoms with Gasteiger partial charge in [-0.25, -0.2) is 4.39 Å². The van der Waals surface area contributed by atoms with Crippen LogP contribution in [0.3, 0.4) is 0 Å². The first-order chi connectivity index (χ1) is 12.9. The van der Waals surface area contributed by atoms with E-state index in [2.05, 4.69) is 6.58 Å². The van der Waals surface area contributed by atoms with Crippen LogP contribution >= 0.6 is 0 Å². The average Bonchev–Trinajstić information content (AvgIpc) is 2.64. The summed E-state index contributed by atoms with van der Waals surface area (Å²) in [4.78, 5) is 11.2. The molecule has 0 fully saturated rings. The Kier molecular flexibility index (Phi) is 5.64. The van der Waals surface area contributed by atoms with Gasteiger partial charge in [0.1, 0.15) is 24.3 Å². The van der Waals surface area contributed by atoms with Gasteiger partial charge >= 0.3 is 0 Å². The van der Waals surface area contributed by atoms with Crippen molar-refractivity contribution >= 4 is 6.47 Å². The second kappa shape index (κ2) is 7.95. The Labute approximate surface area is 159 Å². The van der Waals surface area contributed by atoms with Crippen LogP contribution in [0.1, 0.15) is 47.3 Å². The Balaban J connectivity index is 1.99. The number of ether oxygens (including phenoxy) is 2. The Bertz CT molecular complexity index is 872. The van der Waals surface area contributed by atoms with Gasteiger partial charge in [-0.15, -0.1) is 0 Å². The van der Waals surface area contributed by atoms with Gasteiger partial charge in [0.25, 0.3) is 6.47 Å². The molecule has 2 aromatic carbocycles. The molecule has 0 amide bonds. The summed E-state index contributed by atoms with van der Waals surface area (Å²) in [6, 6.07) is 8.58. The summed E-state index contributed by atoms with van der Waals surface area (Å²) in [5.74, 6) is 0.494. The number of fused-ring (bicyclic) bond motifs is 1. The second-order valence-electron chi connectivity index (χ2n) is 7.23. The molecule has 1 aliphatic carbocycles. The molecule has 0 unspecified atom stereocenters. The molecule has 27 heavy (non-hydrogen) atoms. The lowest BCUT2D eigenvalue weighted by Gasteiger charge is -2.35. The quantitative estimate of drug-likeness (QED) is 0.508. The number of halogens is 1. The van der Waals surface area contributed by atoms with Gasteiger partial charge in [0.2, 0.25) is 0 Å². The summed E-state index contributed by atoms with van der Waals surface area (Å²) in [5, 5.41) is 0. The fourth-order valence-corrected chi connectivity index (χ4v) is 3.98. The SMILES string of the molecule is C=C(C)[C@@H]1CCc2c(C)cc(OCc3ccccc3F)c(C)c2[C@@H]1OC=O. The zero-order valence-corrected chi connectivity index (χ0v) is 16.0. The van der Waals surface area contributed by atoms with Crippen molar-refractivity contribution in [1.29, 1.82) is 0 Å². The Morgan fingerprint density at radius 3 is 2.74 bits per heavy atom. The van der Waals surface area contributed by atoms with Gasteiger partial charge in [0.05, 0.1) is 0 Å². The highest BCUT2D eigenvalue weighted by atomic mass is 19.1. The number of hydrogen-bond acceptors (Lipinski definition) is 3. The van der Waals surface area contributed by atoms with E-state index in [4.69, 9.17) is 9.47 Å². The molecule has 0 radical (unpaired) electrons. The monoisotopic (exact) mass is 368 g/mol. The Morgan fingerprint density at radius 2 is 2.07 bits per heavy atom. The topological polar surface area (TPSA) is 35.5 Å². The van der Waals surface area contributed by atoms with E-state index in [9.17, 15) is 9.18 Å². The van der Waals surface area contributed by atoms with Crippen molar-refractivity contribution in [2.24, 2.45) is 5.92 Å². The lowest BCUT2D eigenvalue weighted by molar-refractivity contribution is -0.136. The maximum atomic E-state index is 13.9. The largest absolute Gasteiger partial charge is 0.489 e. The molecule has 2 aromatic rings. The lowest BCUT2D eigenvalue weighted by atomic mass is 9.75. The van der Waals surface area contributed by atoms with Crippen molar-refractivity contribution < 1.29 is 18.7 Å². The fourth-order valence-electron chi connectivity index (χ4n) is 3.98. The summed E-state index contributed by atoms with van der Waals surface area (Å²) < 4.78 is 25.4. The summed E-state index contributed by atoms with van der Waals surface area (Å²) in [7, 11) is 0. The van der Waals surface area contributed by atoms with Crippen LogP contribution in [-0.2, 0) is 22.6 Å². The fraction of sp³-hybridized carbons (Fsp3) is 0.348. The van der Waals surface area contributed by atoms with E-state index in [0.717, 1.165) is 35.1 Å². The van der Waals surface area contributed by atoms with E-state index >= 15 is 0 Å². The minimum absolute atomic E-state index is 0.0858. The van der Waals surface area contributed by atoms with E-state index in [0.29, 0.717) is 17.8 Å². The highest BCUT2D eigenvalue weighted by molar-refractivity contribution is 5.53. The number of carbonyl (C=O) groups excluding carboxylic acids is 1. The molecule has 0 aliphatic heterocycles. The van der Waals surface area contributed by atoms with E-state index < -0.39 is 0 Å². The van der Waals surface area contributed by atoms with Gasteiger partial charge < -0.3 is 9.47 Å². The molecular weight excluding hydrogens is 343 g/mol. The van der Waals surface area contributed by atoms with Crippen LogP contribution in [0.2, 0.25) is 0 Å². The number of aryl methyl sites for hydroxylation is 1. The minimum Gasteiger partial charge on any atom is -0.489 e. The summed E-state index contributed by atoms with van der Waals surface area (Å²) in [6.45, 7) is 10.7. The smallest absolute Gasteiger partial charge is 0.293 e. The van der Waals surface area contributed by atoms with Gasteiger partial charge in [-0.05, 0) is 62.4 Å². The van der Waals surface area contributed by atoms with Gasteiger partial charge in [0, 0.05) is 17.0 Å². The van der Waals surface area contributed by atoms with Crippen molar-refractivity contribution in [1.82, 2.24) is 0 Å². The normalized spacial score (nSPS) is 18.5. The molecule has 3 nitrogen and oxygen atoms in total. The van der Waals surface area contributed by atoms with Gasteiger partial charge in [-0.2, -0.15) is 0 Å². The zero-order valence-electron chi connectivity index (χ0n) is 16.0. The molecule has 0 saturated heterocycles. The second-order valence-corrected chi connectivity index (χ2v) is 7.23. The van der Waals surface area contributed by atoms with Crippen molar-refractivity contribution in [3.63, 3.8) is 0 Å². The van der Waals surface area contributed by atoms with Crippen LogP contribution < -0.4 is 4.74 Å². The van der Waals surface area contributed by atoms with Crippen LogP contribution in [-0.4, -0.2) is 6.47 Å². The molecule has 1 aliphatic rings. The first kappa shape index (κ1) is 19.2. The Hall–Kier alpha value is -2.62. The van der Waals surface area contributed by atoms with Crippen LogP contribution in [0.25, 0.3) is 0 Å². The van der Waals surface area contributed by atoms with Gasteiger partial charge in [0.15, 0.2) is 0 Å². The molecule has 0 saturated carbocycles. The molecule has 0 heterocycles. The maximum Gasteiger partial charge on any atom is 0.293 e. The number of carbonyl (C=O) groups is 1. The third-order valence-electron chi connectivity index (χ3n) is 5.45. The van der Waals surface area contributed by atoms with Gasteiger partial charge in [-0.1, -0.05) is 30.4 Å². The molecule has 0 N–H and O–H groups in total. The average molecular weight is 368 g/mol. The third kappa shape index (κ3) is 3.75. The highest BCUT2D eigenvalue weighted by Gasteiger charge is 2.34. The Morgan fingerprint density at radius 1 is 1.33 bits per heavy atom.